The number of nitrogens with zero attached hydrogens (tertiary/aromatic N) is 1. The standard InChI is InChI=1S/C20H26N2O3S/c23-20(22-12-15-8-13-7-14(9-15)11-16(22)10-13)21-18-5-6-26(24,25)19-4-2-1-3-17(18)19/h1-4,13-16,18H,5-12H2,(H,21,23). The van der Waals surface area contributed by atoms with Crippen molar-refractivity contribution < 1.29 is 13.2 Å². The molecule has 3 unspecified atom stereocenters. The molecule has 0 aromatic heterocycles. The Bertz CT molecular complexity index is 823. The zero-order valence-corrected chi connectivity index (χ0v) is 15.7. The van der Waals surface area contributed by atoms with E-state index in [9.17, 15) is 13.2 Å². The largest absolute Gasteiger partial charge is 0.331 e. The van der Waals surface area contributed by atoms with Crippen LogP contribution in [0.4, 0.5) is 4.79 Å². The van der Waals surface area contributed by atoms with Gasteiger partial charge in [-0.15, -0.1) is 0 Å². The second-order valence-electron chi connectivity index (χ2n) is 8.73. The maximum atomic E-state index is 13.1. The van der Waals surface area contributed by atoms with Crippen molar-refractivity contribution >= 4 is 15.9 Å². The SMILES string of the molecule is O=C(NC1CCS(=O)(=O)c2ccccc21)N1CC2CC3CC(C2)CC1C3. The molecule has 3 aliphatic heterocycles. The van der Waals surface area contributed by atoms with Gasteiger partial charge in [-0.1, -0.05) is 18.2 Å². The Balaban J connectivity index is 1.38. The van der Waals surface area contributed by atoms with Crippen LogP contribution in [0.5, 0.6) is 0 Å². The highest BCUT2D eigenvalue weighted by Gasteiger charge is 2.44. The van der Waals surface area contributed by atoms with Crippen LogP contribution < -0.4 is 5.32 Å². The summed E-state index contributed by atoms with van der Waals surface area (Å²) in [6.45, 7) is 0.871. The lowest BCUT2D eigenvalue weighted by molar-refractivity contribution is 0.130. The van der Waals surface area contributed by atoms with E-state index in [2.05, 4.69) is 10.2 Å². The second-order valence-corrected chi connectivity index (χ2v) is 10.8. The molecule has 2 aliphatic carbocycles. The van der Waals surface area contributed by atoms with Gasteiger partial charge in [0.2, 0.25) is 0 Å². The Labute approximate surface area is 155 Å². The molecule has 5 aliphatic rings. The van der Waals surface area contributed by atoms with Crippen LogP contribution in [-0.4, -0.2) is 37.7 Å². The van der Waals surface area contributed by atoms with Crippen LogP contribution >= 0.6 is 0 Å². The van der Waals surface area contributed by atoms with Gasteiger partial charge in [0.15, 0.2) is 9.84 Å². The number of sulfone groups is 1. The third-order valence-electron chi connectivity index (χ3n) is 6.97. The number of benzene rings is 1. The summed E-state index contributed by atoms with van der Waals surface area (Å²) in [7, 11) is -3.22. The monoisotopic (exact) mass is 374 g/mol. The van der Waals surface area contributed by atoms with Crippen molar-refractivity contribution in [1.82, 2.24) is 10.2 Å². The van der Waals surface area contributed by atoms with Crippen molar-refractivity contribution in [3.63, 3.8) is 0 Å². The van der Waals surface area contributed by atoms with Crippen LogP contribution in [0.2, 0.25) is 0 Å². The first-order chi connectivity index (χ1) is 12.5. The number of carbonyl (C=O) groups is 1. The molecule has 2 amide bonds. The topological polar surface area (TPSA) is 66.5 Å². The first-order valence-corrected chi connectivity index (χ1v) is 11.5. The number of urea groups is 1. The molecule has 0 radical (unpaired) electrons. The van der Waals surface area contributed by atoms with Gasteiger partial charge in [0, 0.05) is 12.6 Å². The van der Waals surface area contributed by atoms with E-state index in [1.54, 1.807) is 12.1 Å². The van der Waals surface area contributed by atoms with E-state index >= 15 is 0 Å². The Kier molecular flexibility index (Phi) is 3.82. The second kappa shape index (κ2) is 5.98. The summed E-state index contributed by atoms with van der Waals surface area (Å²) in [6.07, 6.45) is 6.67. The van der Waals surface area contributed by atoms with Crippen LogP contribution in [-0.2, 0) is 9.84 Å². The van der Waals surface area contributed by atoms with E-state index < -0.39 is 9.84 Å². The molecule has 2 saturated heterocycles. The minimum atomic E-state index is -3.22. The molecule has 4 bridgehead atoms. The van der Waals surface area contributed by atoms with Gasteiger partial charge >= 0.3 is 6.03 Å². The van der Waals surface area contributed by atoms with Gasteiger partial charge < -0.3 is 10.2 Å². The number of fused-ring (bicyclic) bond motifs is 2. The highest BCUT2D eigenvalue weighted by atomic mass is 32.2. The van der Waals surface area contributed by atoms with Crippen molar-refractivity contribution in [3.8, 4) is 0 Å². The van der Waals surface area contributed by atoms with E-state index in [0.717, 1.165) is 36.8 Å². The van der Waals surface area contributed by atoms with Crippen molar-refractivity contribution in [3.05, 3.63) is 29.8 Å². The minimum absolute atomic E-state index is 0.00213. The summed E-state index contributed by atoms with van der Waals surface area (Å²) in [4.78, 5) is 15.6. The molecule has 3 atom stereocenters. The summed E-state index contributed by atoms with van der Waals surface area (Å²) in [6, 6.07) is 7.27. The van der Waals surface area contributed by atoms with Gasteiger partial charge in [0.1, 0.15) is 0 Å². The zero-order valence-electron chi connectivity index (χ0n) is 14.9. The zero-order chi connectivity index (χ0) is 17.9. The first kappa shape index (κ1) is 16.6. The predicted molar refractivity (Wildman–Crippen MR) is 98.4 cm³/mol. The molecule has 6 rings (SSSR count). The summed E-state index contributed by atoms with van der Waals surface area (Å²) in [5.74, 6) is 2.35. The number of hydrogen-bond acceptors (Lipinski definition) is 3. The predicted octanol–water partition coefficient (Wildman–Crippen LogP) is 3.13. The van der Waals surface area contributed by atoms with Crippen molar-refractivity contribution in [1.29, 1.82) is 0 Å². The van der Waals surface area contributed by atoms with E-state index in [4.69, 9.17) is 0 Å². The van der Waals surface area contributed by atoms with Crippen LogP contribution in [0, 0.1) is 17.8 Å². The summed E-state index contributed by atoms with van der Waals surface area (Å²) < 4.78 is 24.6. The molecule has 5 nitrogen and oxygen atoms in total. The van der Waals surface area contributed by atoms with Gasteiger partial charge in [0.05, 0.1) is 16.7 Å². The molecular formula is C20H26N2O3S. The molecule has 2 saturated carbocycles. The fourth-order valence-electron chi connectivity index (χ4n) is 6.01. The summed E-state index contributed by atoms with van der Waals surface area (Å²) >= 11 is 0. The van der Waals surface area contributed by atoms with Crippen LogP contribution in [0.3, 0.4) is 0 Å². The average Bonchev–Trinajstić information content (AvgIpc) is 2.81. The van der Waals surface area contributed by atoms with E-state index in [1.165, 1.54) is 19.3 Å². The highest BCUT2D eigenvalue weighted by molar-refractivity contribution is 7.91. The van der Waals surface area contributed by atoms with Gasteiger partial charge in [-0.05, 0) is 67.9 Å². The van der Waals surface area contributed by atoms with Crippen molar-refractivity contribution in [2.24, 2.45) is 17.8 Å². The van der Waals surface area contributed by atoms with Crippen LogP contribution in [0.25, 0.3) is 0 Å². The minimum Gasteiger partial charge on any atom is -0.331 e. The van der Waals surface area contributed by atoms with Crippen LogP contribution in [0.1, 0.15) is 50.1 Å². The molecule has 6 heteroatoms. The lowest BCUT2D eigenvalue weighted by Gasteiger charge is -2.39. The smallest absolute Gasteiger partial charge is 0.318 e. The van der Waals surface area contributed by atoms with Crippen LogP contribution in [0.15, 0.2) is 29.2 Å². The van der Waals surface area contributed by atoms with Gasteiger partial charge in [0.25, 0.3) is 0 Å². The molecular weight excluding hydrogens is 348 g/mol. The lowest BCUT2D eigenvalue weighted by atomic mass is 9.68. The molecule has 140 valence electrons. The quantitative estimate of drug-likeness (QED) is 0.821. The molecule has 26 heavy (non-hydrogen) atoms. The molecule has 0 spiro atoms. The molecule has 4 fully saturated rings. The number of nitrogens with one attached hydrogen (secondary N) is 1. The molecule has 1 N–H and O–H groups in total. The molecule has 1 aromatic carbocycles. The maximum Gasteiger partial charge on any atom is 0.318 e. The van der Waals surface area contributed by atoms with Crippen molar-refractivity contribution in [2.45, 2.75) is 55.5 Å². The Hall–Kier alpha value is -1.56. The number of amides is 2. The maximum absolute atomic E-state index is 13.1. The fourth-order valence-corrected chi connectivity index (χ4v) is 7.63. The fraction of sp³-hybridized carbons (Fsp3) is 0.650. The van der Waals surface area contributed by atoms with Crippen molar-refractivity contribution in [2.75, 3.05) is 12.3 Å². The van der Waals surface area contributed by atoms with E-state index in [0.29, 0.717) is 23.3 Å². The number of carbonyl (C=O) groups excluding carboxylic acids is 1. The normalized spacial score (nSPS) is 37.1. The Morgan fingerprint density at radius 3 is 2.46 bits per heavy atom. The Morgan fingerprint density at radius 2 is 1.69 bits per heavy atom. The number of rotatable bonds is 1. The van der Waals surface area contributed by atoms with E-state index in [1.807, 2.05) is 12.1 Å². The van der Waals surface area contributed by atoms with Gasteiger partial charge in [-0.3, -0.25) is 0 Å². The lowest BCUT2D eigenvalue weighted by Crippen LogP contribution is -2.49. The third kappa shape index (κ3) is 2.73. The van der Waals surface area contributed by atoms with Gasteiger partial charge in [-0.25, -0.2) is 13.2 Å². The first-order valence-electron chi connectivity index (χ1n) is 9.88. The summed E-state index contributed by atoms with van der Waals surface area (Å²) in [5, 5.41) is 3.18. The van der Waals surface area contributed by atoms with E-state index in [-0.39, 0.29) is 17.8 Å². The Morgan fingerprint density at radius 1 is 1.00 bits per heavy atom. The number of hydrogen-bond donors (Lipinski definition) is 1. The summed E-state index contributed by atoms with van der Waals surface area (Å²) in [5.41, 5.74) is 0.743. The molecule has 3 heterocycles. The van der Waals surface area contributed by atoms with Gasteiger partial charge in [-0.2, -0.15) is 0 Å². The highest BCUT2D eigenvalue weighted by Crippen LogP contribution is 2.47. The third-order valence-corrected chi connectivity index (χ3v) is 8.78. The average molecular weight is 375 g/mol. The molecule has 1 aromatic rings.